The molecule has 1 aliphatic carbocycles. The van der Waals surface area contributed by atoms with E-state index >= 15 is 0 Å². The average Bonchev–Trinajstić information content (AvgIpc) is 3.01. The first-order chi connectivity index (χ1) is 10.4. The van der Waals surface area contributed by atoms with Gasteiger partial charge in [0.2, 0.25) is 0 Å². The minimum atomic E-state index is 0.170. The highest BCUT2D eigenvalue weighted by Gasteiger charge is 2.29. The fourth-order valence-electron chi connectivity index (χ4n) is 2.77. The lowest BCUT2D eigenvalue weighted by molar-refractivity contribution is -0.0412. The van der Waals surface area contributed by atoms with E-state index in [-0.39, 0.29) is 6.10 Å². The second-order valence-corrected chi connectivity index (χ2v) is 5.73. The number of aromatic nitrogens is 6. The van der Waals surface area contributed by atoms with Gasteiger partial charge in [-0.05, 0) is 29.3 Å². The Bertz CT molecular complexity index is 577. The minimum absolute atomic E-state index is 0.170. The van der Waals surface area contributed by atoms with E-state index in [0.29, 0.717) is 6.04 Å². The predicted molar refractivity (Wildman–Crippen MR) is 73.3 cm³/mol. The topological polar surface area (TPSA) is 73.9 Å². The van der Waals surface area contributed by atoms with Crippen LogP contribution in [0.15, 0.2) is 18.5 Å². The summed E-state index contributed by atoms with van der Waals surface area (Å²) < 4.78 is 9.73. The fraction of sp³-hybridized carbons (Fsp3) is 0.692. The van der Waals surface area contributed by atoms with E-state index in [9.17, 15) is 0 Å². The third-order valence-electron chi connectivity index (χ3n) is 3.99. The molecule has 2 aliphatic rings. The molecule has 2 aromatic heterocycles. The molecule has 0 bridgehead atoms. The molecule has 4 rings (SSSR count). The van der Waals surface area contributed by atoms with Crippen molar-refractivity contribution in [1.29, 1.82) is 0 Å². The molecule has 0 N–H and O–H groups in total. The molecule has 112 valence electrons. The van der Waals surface area contributed by atoms with Gasteiger partial charge in [-0.25, -0.2) is 4.68 Å². The summed E-state index contributed by atoms with van der Waals surface area (Å²) in [6.45, 7) is 4.14. The molecule has 1 saturated carbocycles. The normalized spacial score (nSPS) is 23.5. The van der Waals surface area contributed by atoms with E-state index in [2.05, 4.69) is 25.5 Å². The Kier molecular flexibility index (Phi) is 3.40. The van der Waals surface area contributed by atoms with Gasteiger partial charge in [0.1, 0.15) is 0 Å². The van der Waals surface area contributed by atoms with Gasteiger partial charge in [-0.15, -0.1) is 5.10 Å². The Labute approximate surface area is 122 Å². The van der Waals surface area contributed by atoms with Crippen LogP contribution < -0.4 is 0 Å². The third-order valence-corrected chi connectivity index (χ3v) is 3.99. The first-order valence-corrected chi connectivity index (χ1v) is 7.46. The van der Waals surface area contributed by atoms with Crippen molar-refractivity contribution >= 4 is 0 Å². The van der Waals surface area contributed by atoms with Crippen LogP contribution in [-0.2, 0) is 17.8 Å². The van der Waals surface area contributed by atoms with Gasteiger partial charge >= 0.3 is 0 Å². The quantitative estimate of drug-likeness (QED) is 0.777. The standard InChI is InChI=1S/C13H19N7O/c1-4-14-19(5-1)9-12-8-18(6-7-21-12)10-13-15-16-17-20(13)11-2-3-11/h1,4-5,11-12H,2-3,6-10H2. The van der Waals surface area contributed by atoms with Gasteiger partial charge in [-0.2, -0.15) is 5.10 Å². The van der Waals surface area contributed by atoms with Crippen LogP contribution in [0.25, 0.3) is 0 Å². The van der Waals surface area contributed by atoms with Crippen LogP contribution in [0.3, 0.4) is 0 Å². The summed E-state index contributed by atoms with van der Waals surface area (Å²) in [6.07, 6.45) is 6.33. The van der Waals surface area contributed by atoms with Gasteiger partial charge in [-0.3, -0.25) is 9.58 Å². The maximum Gasteiger partial charge on any atom is 0.165 e. The number of morpholine rings is 1. The summed E-state index contributed by atoms with van der Waals surface area (Å²) in [5.41, 5.74) is 0. The Morgan fingerprint density at radius 2 is 2.29 bits per heavy atom. The maximum atomic E-state index is 5.83. The molecule has 0 amide bonds. The van der Waals surface area contributed by atoms with E-state index in [1.165, 1.54) is 12.8 Å². The second-order valence-electron chi connectivity index (χ2n) is 5.73. The van der Waals surface area contributed by atoms with Crippen molar-refractivity contribution in [3.8, 4) is 0 Å². The monoisotopic (exact) mass is 289 g/mol. The molecule has 0 aromatic carbocycles. The van der Waals surface area contributed by atoms with Gasteiger partial charge in [-0.1, -0.05) is 0 Å². The molecule has 0 radical (unpaired) electrons. The molecule has 2 aromatic rings. The SMILES string of the molecule is c1cnn(CC2CN(Cc3nnnn3C3CC3)CCO2)c1. The molecule has 1 unspecified atom stereocenters. The zero-order valence-electron chi connectivity index (χ0n) is 11.9. The molecule has 21 heavy (non-hydrogen) atoms. The van der Waals surface area contributed by atoms with Crippen LogP contribution in [0.5, 0.6) is 0 Å². The summed E-state index contributed by atoms with van der Waals surface area (Å²) in [5.74, 6) is 0.970. The number of hydrogen-bond donors (Lipinski definition) is 0. The smallest absolute Gasteiger partial charge is 0.165 e. The zero-order valence-corrected chi connectivity index (χ0v) is 11.9. The van der Waals surface area contributed by atoms with Crippen molar-refractivity contribution in [3.63, 3.8) is 0 Å². The first-order valence-electron chi connectivity index (χ1n) is 7.46. The molecule has 2 fully saturated rings. The minimum Gasteiger partial charge on any atom is -0.374 e. The lowest BCUT2D eigenvalue weighted by Crippen LogP contribution is -2.44. The Morgan fingerprint density at radius 3 is 3.10 bits per heavy atom. The van der Waals surface area contributed by atoms with Crippen molar-refractivity contribution in [2.75, 3.05) is 19.7 Å². The largest absolute Gasteiger partial charge is 0.374 e. The van der Waals surface area contributed by atoms with Crippen LogP contribution in [0.4, 0.5) is 0 Å². The van der Waals surface area contributed by atoms with E-state index in [0.717, 1.165) is 38.6 Å². The van der Waals surface area contributed by atoms with Crippen LogP contribution in [-0.4, -0.2) is 60.7 Å². The highest BCUT2D eigenvalue weighted by Crippen LogP contribution is 2.34. The maximum absolute atomic E-state index is 5.83. The summed E-state index contributed by atoms with van der Waals surface area (Å²) in [6, 6.07) is 2.46. The first kappa shape index (κ1) is 12.9. The van der Waals surface area contributed by atoms with E-state index in [1.54, 1.807) is 6.20 Å². The van der Waals surface area contributed by atoms with Gasteiger partial charge in [0.25, 0.3) is 0 Å². The Balaban J connectivity index is 1.37. The second kappa shape index (κ2) is 5.53. The van der Waals surface area contributed by atoms with Gasteiger partial charge < -0.3 is 4.74 Å². The molecule has 1 saturated heterocycles. The average molecular weight is 289 g/mol. The molecular weight excluding hydrogens is 270 g/mol. The zero-order chi connectivity index (χ0) is 14.1. The van der Waals surface area contributed by atoms with E-state index < -0.39 is 0 Å². The van der Waals surface area contributed by atoms with Gasteiger partial charge in [0, 0.05) is 25.5 Å². The number of ether oxygens (including phenoxy) is 1. The van der Waals surface area contributed by atoms with Gasteiger partial charge in [0.15, 0.2) is 5.82 Å². The molecule has 1 atom stereocenters. The predicted octanol–water partition coefficient (Wildman–Crippen LogP) is 0.105. The number of hydrogen-bond acceptors (Lipinski definition) is 6. The summed E-state index contributed by atoms with van der Waals surface area (Å²) >= 11 is 0. The van der Waals surface area contributed by atoms with Crippen molar-refractivity contribution in [1.82, 2.24) is 34.9 Å². The molecular formula is C13H19N7O. The summed E-state index contributed by atoms with van der Waals surface area (Å²) in [4.78, 5) is 2.36. The van der Waals surface area contributed by atoms with Crippen molar-refractivity contribution in [2.45, 2.75) is 38.1 Å². The number of nitrogens with zero attached hydrogens (tertiary/aromatic N) is 7. The fourth-order valence-corrected chi connectivity index (χ4v) is 2.77. The number of rotatable bonds is 5. The Morgan fingerprint density at radius 1 is 1.33 bits per heavy atom. The molecule has 3 heterocycles. The lowest BCUT2D eigenvalue weighted by atomic mass is 10.2. The highest BCUT2D eigenvalue weighted by molar-refractivity contribution is 4.91. The van der Waals surface area contributed by atoms with Crippen LogP contribution >= 0.6 is 0 Å². The van der Waals surface area contributed by atoms with Crippen molar-refractivity contribution in [2.24, 2.45) is 0 Å². The number of tetrazole rings is 1. The van der Waals surface area contributed by atoms with Crippen LogP contribution in [0.1, 0.15) is 24.7 Å². The summed E-state index contributed by atoms with van der Waals surface area (Å²) in [7, 11) is 0. The highest BCUT2D eigenvalue weighted by atomic mass is 16.5. The molecule has 8 heteroatoms. The summed E-state index contributed by atoms with van der Waals surface area (Å²) in [5, 5.41) is 16.3. The van der Waals surface area contributed by atoms with Crippen molar-refractivity contribution < 1.29 is 4.74 Å². The molecule has 0 spiro atoms. The Hall–Kier alpha value is -1.80. The van der Waals surface area contributed by atoms with E-state index in [1.807, 2.05) is 21.6 Å². The molecule has 1 aliphatic heterocycles. The molecule has 8 nitrogen and oxygen atoms in total. The van der Waals surface area contributed by atoms with Gasteiger partial charge in [0.05, 0.1) is 31.8 Å². The third kappa shape index (κ3) is 2.96. The van der Waals surface area contributed by atoms with Crippen molar-refractivity contribution in [3.05, 3.63) is 24.3 Å². The lowest BCUT2D eigenvalue weighted by Gasteiger charge is -2.32. The van der Waals surface area contributed by atoms with Crippen LogP contribution in [0.2, 0.25) is 0 Å². The van der Waals surface area contributed by atoms with Crippen LogP contribution in [0, 0.1) is 0 Å². The van der Waals surface area contributed by atoms with E-state index in [4.69, 9.17) is 4.74 Å².